The van der Waals surface area contributed by atoms with Crippen LogP contribution >= 0.6 is 11.9 Å². The number of nitrogens with one attached hydrogen (secondary N) is 2. The van der Waals surface area contributed by atoms with Gasteiger partial charge >= 0.3 is 12.3 Å². The van der Waals surface area contributed by atoms with Crippen LogP contribution in [0.4, 0.5) is 33.6 Å². The Morgan fingerprint density at radius 3 is 2.39 bits per heavy atom. The van der Waals surface area contributed by atoms with E-state index >= 15 is 0 Å². The third-order valence-electron chi connectivity index (χ3n) is 6.94. The minimum Gasteiger partial charge on any atom is -0.347 e. The molecule has 1 aliphatic carbocycles. The summed E-state index contributed by atoms with van der Waals surface area (Å²) in [5.74, 6) is -3.86. The molecule has 1 spiro atoms. The van der Waals surface area contributed by atoms with Crippen molar-refractivity contribution in [3.8, 4) is 0 Å². The van der Waals surface area contributed by atoms with E-state index in [0.717, 1.165) is 60.4 Å². The minimum absolute atomic E-state index is 0.231. The zero-order valence-electron chi connectivity index (χ0n) is 20.4. The van der Waals surface area contributed by atoms with Crippen LogP contribution in [-0.2, 0) is 5.92 Å². The van der Waals surface area contributed by atoms with Crippen LogP contribution in [-0.4, -0.2) is 52.3 Å². The second-order valence-corrected chi connectivity index (χ2v) is 10.4. The first-order valence-electron chi connectivity index (χ1n) is 12.0. The standard InChI is InChI=1S/C26H25F5N6S/c1-16-3-2-4-20(35-38-19-7-5-17(6-8-19)26(30,31)23(28)29)21(16)22(32)37-12-11-36(15-25(37)9-10-25)24-33-13-18(27)14-34-24/h2-8,13-14,23,32,35H,9-12,15H2,1H3. The molecule has 3 aromatic rings. The SMILES string of the molecule is Cc1cccc(NSc2ccc(C(F)(F)C(F)F)cc2)c1C(=N)N1CCN(c2ncc(F)cn2)CC12CC2. The van der Waals surface area contributed by atoms with Gasteiger partial charge in [-0.3, -0.25) is 5.41 Å². The van der Waals surface area contributed by atoms with Crippen molar-refractivity contribution < 1.29 is 22.0 Å². The van der Waals surface area contributed by atoms with E-state index in [1.54, 1.807) is 0 Å². The summed E-state index contributed by atoms with van der Waals surface area (Å²) in [6.07, 6.45) is 0.340. The Kier molecular flexibility index (Phi) is 6.93. The summed E-state index contributed by atoms with van der Waals surface area (Å²) in [4.78, 5) is 12.9. The van der Waals surface area contributed by atoms with Gasteiger partial charge < -0.3 is 14.5 Å². The number of alkyl halides is 4. The van der Waals surface area contributed by atoms with Gasteiger partial charge in [0.05, 0.1) is 23.6 Å². The maximum absolute atomic E-state index is 13.6. The van der Waals surface area contributed by atoms with Crippen LogP contribution in [0.3, 0.4) is 0 Å². The van der Waals surface area contributed by atoms with E-state index in [4.69, 9.17) is 5.41 Å². The number of hydrogen-bond acceptors (Lipinski definition) is 6. The number of benzene rings is 2. The third-order valence-corrected chi connectivity index (χ3v) is 7.77. The molecule has 1 aromatic heterocycles. The Morgan fingerprint density at radius 1 is 1.08 bits per heavy atom. The first-order valence-corrected chi connectivity index (χ1v) is 12.8. The highest BCUT2D eigenvalue weighted by atomic mass is 32.2. The van der Waals surface area contributed by atoms with Gasteiger partial charge in [0.25, 0.3) is 0 Å². The third kappa shape index (κ3) is 5.01. The molecule has 1 saturated heterocycles. The van der Waals surface area contributed by atoms with Gasteiger partial charge in [-0.05, 0) is 55.5 Å². The summed E-state index contributed by atoms with van der Waals surface area (Å²) in [6.45, 7) is 3.69. The molecule has 1 aliphatic heterocycles. The fraction of sp³-hybridized carbons (Fsp3) is 0.346. The molecule has 2 aromatic carbocycles. The van der Waals surface area contributed by atoms with Gasteiger partial charge in [0, 0.05) is 35.7 Å². The van der Waals surface area contributed by atoms with E-state index in [1.165, 1.54) is 12.1 Å². The van der Waals surface area contributed by atoms with E-state index in [1.807, 2.05) is 30.0 Å². The molecule has 5 rings (SSSR count). The van der Waals surface area contributed by atoms with Crippen LogP contribution in [0.1, 0.15) is 29.5 Å². The van der Waals surface area contributed by atoms with Crippen LogP contribution in [0.25, 0.3) is 0 Å². The summed E-state index contributed by atoms with van der Waals surface area (Å²) in [5, 5.41) is 9.14. The highest BCUT2D eigenvalue weighted by Gasteiger charge is 2.53. The van der Waals surface area contributed by atoms with Crippen molar-refractivity contribution in [2.75, 3.05) is 29.3 Å². The molecule has 0 bridgehead atoms. The van der Waals surface area contributed by atoms with Crippen LogP contribution in [0.15, 0.2) is 59.8 Å². The highest BCUT2D eigenvalue weighted by molar-refractivity contribution is 8.00. The Hall–Kier alpha value is -3.41. The summed E-state index contributed by atoms with van der Waals surface area (Å²) in [5.41, 5.74) is 1.33. The quantitative estimate of drug-likeness (QED) is 0.161. The van der Waals surface area contributed by atoms with E-state index in [-0.39, 0.29) is 5.54 Å². The molecule has 0 atom stereocenters. The van der Waals surface area contributed by atoms with Gasteiger partial charge in [0.15, 0.2) is 5.82 Å². The largest absolute Gasteiger partial charge is 0.347 e. The lowest BCUT2D eigenvalue weighted by molar-refractivity contribution is -0.135. The van der Waals surface area contributed by atoms with Gasteiger partial charge in [-0.25, -0.2) is 23.1 Å². The van der Waals surface area contributed by atoms with Crippen molar-refractivity contribution in [1.29, 1.82) is 5.41 Å². The van der Waals surface area contributed by atoms with Crippen LogP contribution in [0, 0.1) is 18.2 Å². The molecule has 6 nitrogen and oxygen atoms in total. The number of halogens is 5. The van der Waals surface area contributed by atoms with E-state index in [9.17, 15) is 22.0 Å². The maximum Gasteiger partial charge on any atom is 0.332 e. The number of anilines is 2. The lowest BCUT2D eigenvalue weighted by Gasteiger charge is -2.44. The lowest BCUT2D eigenvalue weighted by atomic mass is 10.0. The minimum atomic E-state index is -4.21. The van der Waals surface area contributed by atoms with Gasteiger partial charge in [-0.2, -0.15) is 8.78 Å². The van der Waals surface area contributed by atoms with E-state index in [2.05, 4.69) is 19.6 Å². The lowest BCUT2D eigenvalue weighted by Crippen LogP contribution is -2.57. The molecule has 2 heterocycles. The van der Waals surface area contributed by atoms with Gasteiger partial charge in [0.1, 0.15) is 5.84 Å². The topological polar surface area (TPSA) is 68.1 Å². The Morgan fingerprint density at radius 2 is 1.76 bits per heavy atom. The smallest absolute Gasteiger partial charge is 0.332 e. The monoisotopic (exact) mass is 548 g/mol. The van der Waals surface area contributed by atoms with Crippen LogP contribution < -0.4 is 9.62 Å². The number of aryl methyl sites for hydroxylation is 1. The molecule has 2 fully saturated rings. The van der Waals surface area contributed by atoms with Gasteiger partial charge in [0.2, 0.25) is 5.95 Å². The predicted molar refractivity (Wildman–Crippen MR) is 137 cm³/mol. The average molecular weight is 549 g/mol. The summed E-state index contributed by atoms with van der Waals surface area (Å²) >= 11 is 1.15. The first kappa shape index (κ1) is 26.2. The van der Waals surface area contributed by atoms with Crippen molar-refractivity contribution >= 4 is 29.4 Å². The van der Waals surface area contributed by atoms with Crippen molar-refractivity contribution in [2.24, 2.45) is 0 Å². The summed E-state index contributed by atoms with van der Waals surface area (Å²) in [6, 6.07) is 10.3. The zero-order valence-corrected chi connectivity index (χ0v) is 21.2. The second kappa shape index (κ2) is 10.0. The normalized spacial score (nSPS) is 16.7. The Bertz CT molecular complexity index is 1310. The molecule has 2 N–H and O–H groups in total. The molecule has 2 aliphatic rings. The first-order chi connectivity index (χ1) is 18.1. The van der Waals surface area contributed by atoms with E-state index < -0.39 is 23.7 Å². The van der Waals surface area contributed by atoms with E-state index in [0.29, 0.717) is 42.0 Å². The van der Waals surface area contributed by atoms with Crippen molar-refractivity contribution in [3.05, 3.63) is 77.4 Å². The van der Waals surface area contributed by atoms with Gasteiger partial charge in [-0.1, -0.05) is 24.3 Å². The molecule has 12 heteroatoms. The molecule has 1 saturated carbocycles. The average Bonchev–Trinajstić information content (AvgIpc) is 3.66. The number of amidine groups is 1. The maximum atomic E-state index is 13.6. The Balaban J connectivity index is 1.31. The molecular formula is C26H25F5N6S. The van der Waals surface area contributed by atoms with Crippen molar-refractivity contribution in [3.63, 3.8) is 0 Å². The second-order valence-electron chi connectivity index (χ2n) is 9.50. The molecule has 0 unspecified atom stereocenters. The zero-order chi connectivity index (χ0) is 27.1. The number of rotatable bonds is 7. The highest BCUT2D eigenvalue weighted by Crippen LogP contribution is 2.46. The van der Waals surface area contributed by atoms with Crippen LogP contribution in [0.5, 0.6) is 0 Å². The molecule has 0 radical (unpaired) electrons. The fourth-order valence-electron chi connectivity index (χ4n) is 4.73. The van der Waals surface area contributed by atoms with Gasteiger partial charge in [-0.15, -0.1) is 0 Å². The Labute approximate surface area is 220 Å². The summed E-state index contributed by atoms with van der Waals surface area (Å²) < 4.78 is 69.0. The number of piperazine rings is 1. The molecular weight excluding hydrogens is 523 g/mol. The predicted octanol–water partition coefficient (Wildman–Crippen LogP) is 6.08. The van der Waals surface area contributed by atoms with Crippen molar-refractivity contribution in [2.45, 2.75) is 42.5 Å². The van der Waals surface area contributed by atoms with Crippen molar-refractivity contribution in [1.82, 2.24) is 14.9 Å². The van der Waals surface area contributed by atoms with Crippen LogP contribution in [0.2, 0.25) is 0 Å². The number of nitrogens with zero attached hydrogens (tertiary/aromatic N) is 4. The number of aromatic nitrogens is 2. The molecule has 200 valence electrons. The number of hydrogen-bond donors (Lipinski definition) is 2. The summed E-state index contributed by atoms with van der Waals surface area (Å²) in [7, 11) is 0. The fourth-order valence-corrected chi connectivity index (χ4v) is 5.40. The molecule has 38 heavy (non-hydrogen) atoms. The molecule has 0 amide bonds.